The number of carbonyl (C=O) groups is 2. The quantitative estimate of drug-likeness (QED) is 0.923. The second-order valence-electron chi connectivity index (χ2n) is 5.41. The molecule has 1 atom stereocenters. The number of carbonyl (C=O) groups excluding carboxylic acids is 1. The number of carboxylic acids is 1. The molecule has 21 heavy (non-hydrogen) atoms. The summed E-state index contributed by atoms with van der Waals surface area (Å²) in [5, 5.41) is 8.01. The van der Waals surface area contributed by atoms with Crippen molar-refractivity contribution in [2.45, 2.75) is 45.6 Å². The number of aromatic nitrogens is 1. The van der Waals surface area contributed by atoms with Gasteiger partial charge in [0.25, 0.3) is 0 Å². The van der Waals surface area contributed by atoms with Gasteiger partial charge in [0.05, 0.1) is 6.42 Å². The van der Waals surface area contributed by atoms with E-state index < -0.39 is 5.97 Å². The van der Waals surface area contributed by atoms with Crippen LogP contribution in [0, 0.1) is 6.92 Å². The molecule has 0 saturated carbocycles. The summed E-state index contributed by atoms with van der Waals surface area (Å²) in [6, 6.07) is 4.84. The van der Waals surface area contributed by atoms with Crippen LogP contribution < -0.4 is 0 Å². The number of carboxylic acid groups (broad SMARTS) is 1. The highest BCUT2D eigenvalue weighted by Gasteiger charge is 2.23. The molecule has 1 aliphatic rings. The largest absolute Gasteiger partial charge is 0.481 e. The first-order valence-electron chi connectivity index (χ1n) is 7.24. The number of hydrogen-bond acceptors (Lipinski definition) is 4. The molecule has 1 N–H and O–H groups in total. The van der Waals surface area contributed by atoms with Crippen molar-refractivity contribution in [2.75, 3.05) is 13.6 Å². The van der Waals surface area contributed by atoms with Gasteiger partial charge in [0, 0.05) is 24.4 Å². The first-order valence-corrected chi connectivity index (χ1v) is 7.24. The van der Waals surface area contributed by atoms with Gasteiger partial charge in [-0.25, -0.2) is 0 Å². The van der Waals surface area contributed by atoms with Crippen molar-refractivity contribution in [3.05, 3.63) is 29.6 Å². The van der Waals surface area contributed by atoms with Gasteiger partial charge in [0.15, 0.2) is 0 Å². The Morgan fingerprint density at radius 3 is 2.57 bits per heavy atom. The Balaban J connectivity index is 0.000000240. The number of nitrogens with zero attached hydrogens (tertiary/aromatic N) is 2. The molecule has 1 aromatic heterocycles. The first-order chi connectivity index (χ1) is 9.91. The minimum Gasteiger partial charge on any atom is -0.481 e. The summed E-state index contributed by atoms with van der Waals surface area (Å²) in [6.45, 7) is 4.70. The first kappa shape index (κ1) is 17.3. The van der Waals surface area contributed by atoms with E-state index in [0.717, 1.165) is 0 Å². The van der Waals surface area contributed by atoms with Crippen LogP contribution in [0.5, 0.6) is 0 Å². The number of aryl methyl sites for hydroxylation is 1. The Labute approximate surface area is 126 Å². The SMILES string of the molecule is CC(=O)CCC(=O)O.Cc1ncccc1C1CCCN1C. The number of ketones is 1. The summed E-state index contributed by atoms with van der Waals surface area (Å²) in [5.74, 6) is -0.993. The number of aliphatic carboxylic acids is 1. The predicted molar refractivity (Wildman–Crippen MR) is 81.1 cm³/mol. The van der Waals surface area contributed by atoms with E-state index >= 15 is 0 Å². The van der Waals surface area contributed by atoms with E-state index in [2.05, 4.69) is 29.9 Å². The zero-order chi connectivity index (χ0) is 15.8. The third-order valence-electron chi connectivity index (χ3n) is 3.62. The molecule has 0 amide bonds. The molecule has 0 bridgehead atoms. The smallest absolute Gasteiger partial charge is 0.303 e. The Kier molecular flexibility index (Phi) is 7.02. The molecule has 116 valence electrons. The fraction of sp³-hybridized carbons (Fsp3) is 0.562. The summed E-state index contributed by atoms with van der Waals surface area (Å²) in [7, 11) is 2.20. The van der Waals surface area contributed by atoms with E-state index in [0.29, 0.717) is 6.04 Å². The molecule has 2 rings (SSSR count). The normalized spacial score (nSPS) is 18.0. The van der Waals surface area contributed by atoms with E-state index in [1.165, 1.54) is 37.6 Å². The number of pyridine rings is 1. The molecule has 5 heteroatoms. The van der Waals surface area contributed by atoms with Crippen molar-refractivity contribution < 1.29 is 14.7 Å². The maximum atomic E-state index is 10.1. The van der Waals surface area contributed by atoms with Gasteiger partial charge in [-0.3, -0.25) is 14.7 Å². The minimum absolute atomic E-state index is 0.0463. The number of Topliss-reactive ketones (excluding diaryl/α,β-unsaturated/α-hetero) is 1. The lowest BCUT2D eigenvalue weighted by Crippen LogP contribution is -2.18. The van der Waals surface area contributed by atoms with Crippen molar-refractivity contribution in [1.82, 2.24) is 9.88 Å². The molecular weight excluding hydrogens is 268 g/mol. The molecule has 1 fully saturated rings. The summed E-state index contributed by atoms with van der Waals surface area (Å²) >= 11 is 0. The molecule has 1 aliphatic heterocycles. The lowest BCUT2D eigenvalue weighted by Gasteiger charge is -2.20. The highest BCUT2D eigenvalue weighted by Crippen LogP contribution is 2.31. The monoisotopic (exact) mass is 292 g/mol. The van der Waals surface area contributed by atoms with Gasteiger partial charge in [0.1, 0.15) is 5.78 Å². The number of likely N-dealkylation sites (tertiary alicyclic amines) is 1. The molecule has 2 heterocycles. The maximum Gasteiger partial charge on any atom is 0.303 e. The zero-order valence-corrected chi connectivity index (χ0v) is 13.0. The highest BCUT2D eigenvalue weighted by molar-refractivity contribution is 5.80. The van der Waals surface area contributed by atoms with E-state index in [-0.39, 0.29) is 18.6 Å². The lowest BCUT2D eigenvalue weighted by atomic mass is 10.0. The van der Waals surface area contributed by atoms with E-state index in [1.54, 1.807) is 0 Å². The summed E-state index contributed by atoms with van der Waals surface area (Å²) in [5.41, 5.74) is 2.59. The topological polar surface area (TPSA) is 70.5 Å². The van der Waals surface area contributed by atoms with Crippen molar-refractivity contribution in [3.8, 4) is 0 Å². The van der Waals surface area contributed by atoms with Crippen molar-refractivity contribution in [3.63, 3.8) is 0 Å². The van der Waals surface area contributed by atoms with E-state index in [4.69, 9.17) is 5.11 Å². The molecule has 1 saturated heterocycles. The van der Waals surface area contributed by atoms with Gasteiger partial charge in [-0.05, 0) is 51.9 Å². The van der Waals surface area contributed by atoms with Crippen LogP contribution in [0.2, 0.25) is 0 Å². The highest BCUT2D eigenvalue weighted by atomic mass is 16.4. The minimum atomic E-state index is -0.916. The van der Waals surface area contributed by atoms with Crippen molar-refractivity contribution >= 4 is 11.8 Å². The molecule has 0 spiro atoms. The third kappa shape index (κ3) is 6.04. The lowest BCUT2D eigenvalue weighted by molar-refractivity contribution is -0.138. The van der Waals surface area contributed by atoms with Crippen molar-refractivity contribution in [2.24, 2.45) is 0 Å². The molecule has 1 aromatic rings. The average molecular weight is 292 g/mol. The van der Waals surface area contributed by atoms with Crippen LogP contribution in [0.3, 0.4) is 0 Å². The zero-order valence-electron chi connectivity index (χ0n) is 13.0. The van der Waals surface area contributed by atoms with Crippen LogP contribution in [0.4, 0.5) is 0 Å². The van der Waals surface area contributed by atoms with E-state index in [1.807, 2.05) is 12.3 Å². The molecule has 5 nitrogen and oxygen atoms in total. The standard InChI is InChI=1S/C11H16N2.C5H8O3/c1-9-10(5-3-7-12-9)11-6-4-8-13(11)2;1-4(6)2-3-5(7)8/h3,5,7,11H,4,6,8H2,1-2H3;2-3H2,1H3,(H,7,8). The van der Waals surface area contributed by atoms with Gasteiger partial charge < -0.3 is 9.90 Å². The van der Waals surface area contributed by atoms with Gasteiger partial charge in [0.2, 0.25) is 0 Å². The summed E-state index contributed by atoms with van der Waals surface area (Å²) in [4.78, 5) is 26.6. The van der Waals surface area contributed by atoms with Crippen LogP contribution in [0.1, 0.15) is 49.9 Å². The fourth-order valence-electron chi connectivity index (χ4n) is 2.44. The fourth-order valence-corrected chi connectivity index (χ4v) is 2.44. The van der Waals surface area contributed by atoms with Crippen LogP contribution >= 0.6 is 0 Å². The predicted octanol–water partition coefficient (Wildman–Crippen LogP) is 2.60. The van der Waals surface area contributed by atoms with Crippen LogP contribution in [-0.4, -0.2) is 40.3 Å². The third-order valence-corrected chi connectivity index (χ3v) is 3.62. The Bertz CT molecular complexity index is 474. The molecule has 0 aliphatic carbocycles. The van der Waals surface area contributed by atoms with Gasteiger partial charge in [-0.15, -0.1) is 0 Å². The Morgan fingerprint density at radius 2 is 2.14 bits per heavy atom. The van der Waals surface area contributed by atoms with Gasteiger partial charge in [-0.1, -0.05) is 6.07 Å². The van der Waals surface area contributed by atoms with Crippen LogP contribution in [0.15, 0.2) is 18.3 Å². The summed E-state index contributed by atoms with van der Waals surface area (Å²) < 4.78 is 0. The number of hydrogen-bond donors (Lipinski definition) is 1. The maximum absolute atomic E-state index is 10.1. The Morgan fingerprint density at radius 1 is 1.43 bits per heavy atom. The molecular formula is C16H24N2O3. The number of rotatable bonds is 4. The van der Waals surface area contributed by atoms with Crippen LogP contribution in [-0.2, 0) is 9.59 Å². The van der Waals surface area contributed by atoms with Crippen molar-refractivity contribution in [1.29, 1.82) is 0 Å². The summed E-state index contributed by atoms with van der Waals surface area (Å²) in [6.07, 6.45) is 4.57. The Hall–Kier alpha value is -1.75. The van der Waals surface area contributed by atoms with Gasteiger partial charge >= 0.3 is 5.97 Å². The second kappa shape index (κ2) is 8.52. The van der Waals surface area contributed by atoms with Gasteiger partial charge in [-0.2, -0.15) is 0 Å². The average Bonchev–Trinajstić information content (AvgIpc) is 2.84. The molecule has 0 aromatic carbocycles. The molecule has 0 radical (unpaired) electrons. The molecule has 1 unspecified atom stereocenters. The second-order valence-corrected chi connectivity index (χ2v) is 5.41. The van der Waals surface area contributed by atoms with E-state index in [9.17, 15) is 9.59 Å². The van der Waals surface area contributed by atoms with Crippen LogP contribution in [0.25, 0.3) is 0 Å².